The maximum absolute atomic E-state index is 13.0. The molecule has 1 aromatic heterocycles. The molecule has 0 bridgehead atoms. The van der Waals surface area contributed by atoms with Crippen LogP contribution in [0.25, 0.3) is 11.3 Å². The lowest BCUT2D eigenvalue weighted by molar-refractivity contribution is 0.102. The van der Waals surface area contributed by atoms with Gasteiger partial charge in [-0.25, -0.2) is 4.39 Å². The number of rotatable bonds is 6. The van der Waals surface area contributed by atoms with Gasteiger partial charge in [0.2, 0.25) is 0 Å². The van der Waals surface area contributed by atoms with Crippen molar-refractivity contribution in [3.63, 3.8) is 0 Å². The number of carbonyl (C=O) groups excluding carboxylic acids is 1. The number of halogens is 1. The van der Waals surface area contributed by atoms with Crippen molar-refractivity contribution in [3.05, 3.63) is 66.1 Å². The Hall–Kier alpha value is -3.15. The van der Waals surface area contributed by atoms with Crippen LogP contribution in [0.4, 0.5) is 15.8 Å². The first-order valence-electron chi connectivity index (χ1n) is 8.58. The molecule has 1 heterocycles. The monoisotopic (exact) mass is 352 g/mol. The predicted molar refractivity (Wildman–Crippen MR) is 102 cm³/mol. The molecule has 3 rings (SSSR count). The molecule has 0 radical (unpaired) electrons. The smallest absolute Gasteiger partial charge is 0.273 e. The maximum Gasteiger partial charge on any atom is 0.273 e. The van der Waals surface area contributed by atoms with Gasteiger partial charge < -0.3 is 10.2 Å². The first-order valence-corrected chi connectivity index (χ1v) is 8.58. The molecule has 3 aromatic rings. The van der Waals surface area contributed by atoms with E-state index < -0.39 is 0 Å². The molecule has 0 aliphatic carbocycles. The Morgan fingerprint density at radius 1 is 1.08 bits per heavy atom. The van der Waals surface area contributed by atoms with Crippen molar-refractivity contribution in [1.29, 1.82) is 0 Å². The molecule has 2 N–H and O–H groups in total. The third-order valence-electron chi connectivity index (χ3n) is 4.22. The van der Waals surface area contributed by atoms with Crippen LogP contribution in [0.3, 0.4) is 0 Å². The number of amides is 1. The van der Waals surface area contributed by atoms with E-state index in [4.69, 9.17) is 0 Å². The summed E-state index contributed by atoms with van der Waals surface area (Å²) in [4.78, 5) is 14.6. The largest absolute Gasteiger partial charge is 0.372 e. The van der Waals surface area contributed by atoms with Gasteiger partial charge >= 0.3 is 0 Å². The summed E-state index contributed by atoms with van der Waals surface area (Å²) in [6.07, 6.45) is 0. The van der Waals surface area contributed by atoms with Crippen LogP contribution in [0.1, 0.15) is 24.3 Å². The average Bonchev–Trinajstić information content (AvgIpc) is 3.15. The zero-order chi connectivity index (χ0) is 18.5. The molecule has 2 aromatic carbocycles. The summed E-state index contributed by atoms with van der Waals surface area (Å²) in [7, 11) is 0. The lowest BCUT2D eigenvalue weighted by Gasteiger charge is -2.21. The topological polar surface area (TPSA) is 61.0 Å². The molecule has 0 fully saturated rings. The van der Waals surface area contributed by atoms with Gasteiger partial charge in [0.05, 0.1) is 5.69 Å². The second kappa shape index (κ2) is 7.82. The van der Waals surface area contributed by atoms with Crippen LogP contribution in [-0.2, 0) is 0 Å². The van der Waals surface area contributed by atoms with Gasteiger partial charge in [-0.2, -0.15) is 5.10 Å². The number of carbonyl (C=O) groups is 1. The highest BCUT2D eigenvalue weighted by molar-refractivity contribution is 6.03. The highest BCUT2D eigenvalue weighted by Gasteiger charge is 2.12. The quantitative estimate of drug-likeness (QED) is 0.695. The van der Waals surface area contributed by atoms with Gasteiger partial charge in [0, 0.05) is 30.0 Å². The number of aromatic nitrogens is 2. The van der Waals surface area contributed by atoms with E-state index in [0.29, 0.717) is 17.1 Å². The summed E-state index contributed by atoms with van der Waals surface area (Å²) in [5.74, 6) is -0.586. The number of hydrogen-bond acceptors (Lipinski definition) is 3. The molecule has 0 saturated heterocycles. The number of aromatic amines is 1. The molecule has 0 aliphatic rings. The summed E-state index contributed by atoms with van der Waals surface area (Å²) in [6, 6.07) is 15.3. The summed E-state index contributed by atoms with van der Waals surface area (Å²) >= 11 is 0. The van der Waals surface area contributed by atoms with E-state index in [1.54, 1.807) is 18.2 Å². The Bertz CT molecular complexity index is 868. The average molecular weight is 352 g/mol. The van der Waals surface area contributed by atoms with E-state index in [0.717, 1.165) is 24.3 Å². The molecule has 1 amide bonds. The van der Waals surface area contributed by atoms with Gasteiger partial charge in [-0.3, -0.25) is 9.89 Å². The van der Waals surface area contributed by atoms with Crippen molar-refractivity contribution >= 4 is 17.3 Å². The predicted octanol–water partition coefficient (Wildman–Crippen LogP) is 4.31. The summed E-state index contributed by atoms with van der Waals surface area (Å²) in [5, 5.41) is 9.69. The van der Waals surface area contributed by atoms with Crippen molar-refractivity contribution in [3.8, 4) is 11.3 Å². The third-order valence-corrected chi connectivity index (χ3v) is 4.22. The highest BCUT2D eigenvalue weighted by atomic mass is 19.1. The molecular weight excluding hydrogens is 331 g/mol. The molecule has 0 spiro atoms. The molecule has 0 saturated carbocycles. The van der Waals surface area contributed by atoms with Gasteiger partial charge in [-0.1, -0.05) is 0 Å². The Morgan fingerprint density at radius 3 is 2.35 bits per heavy atom. The van der Waals surface area contributed by atoms with E-state index in [2.05, 4.69) is 34.3 Å². The molecule has 0 aliphatic heterocycles. The Labute approximate surface area is 151 Å². The van der Waals surface area contributed by atoms with Crippen LogP contribution in [0.15, 0.2) is 54.6 Å². The minimum atomic E-state index is -0.310. The van der Waals surface area contributed by atoms with Crippen molar-refractivity contribution in [1.82, 2.24) is 10.2 Å². The van der Waals surface area contributed by atoms with Crippen LogP contribution in [-0.4, -0.2) is 29.2 Å². The lowest BCUT2D eigenvalue weighted by Crippen LogP contribution is -2.21. The highest BCUT2D eigenvalue weighted by Crippen LogP contribution is 2.20. The fraction of sp³-hybridized carbons (Fsp3) is 0.200. The van der Waals surface area contributed by atoms with Crippen molar-refractivity contribution in [2.24, 2.45) is 0 Å². The number of hydrogen-bond donors (Lipinski definition) is 2. The minimum absolute atomic E-state index is 0.276. The van der Waals surface area contributed by atoms with E-state index in [1.807, 2.05) is 24.3 Å². The van der Waals surface area contributed by atoms with Gasteiger partial charge in [0.25, 0.3) is 5.91 Å². The third kappa shape index (κ3) is 3.91. The maximum atomic E-state index is 13.0. The summed E-state index contributed by atoms with van der Waals surface area (Å²) < 4.78 is 13.0. The first-order chi connectivity index (χ1) is 12.6. The van der Waals surface area contributed by atoms with Crippen LogP contribution in [0.5, 0.6) is 0 Å². The number of H-pyrrole nitrogens is 1. The number of anilines is 2. The van der Waals surface area contributed by atoms with Crippen molar-refractivity contribution < 1.29 is 9.18 Å². The molecule has 6 heteroatoms. The van der Waals surface area contributed by atoms with E-state index in [9.17, 15) is 9.18 Å². The summed E-state index contributed by atoms with van der Waals surface area (Å²) in [6.45, 7) is 6.08. The Morgan fingerprint density at radius 2 is 1.73 bits per heavy atom. The molecule has 26 heavy (non-hydrogen) atoms. The minimum Gasteiger partial charge on any atom is -0.372 e. The molecular formula is C20H21FN4O. The fourth-order valence-electron chi connectivity index (χ4n) is 2.75. The fourth-order valence-corrected chi connectivity index (χ4v) is 2.75. The van der Waals surface area contributed by atoms with E-state index in [1.165, 1.54) is 12.1 Å². The molecule has 0 unspecified atom stereocenters. The van der Waals surface area contributed by atoms with Gasteiger partial charge in [-0.05, 0) is 68.4 Å². The van der Waals surface area contributed by atoms with Crippen LogP contribution in [0.2, 0.25) is 0 Å². The van der Waals surface area contributed by atoms with Gasteiger partial charge in [0.15, 0.2) is 0 Å². The number of nitrogens with zero attached hydrogens (tertiary/aromatic N) is 2. The molecule has 134 valence electrons. The van der Waals surface area contributed by atoms with E-state index >= 15 is 0 Å². The van der Waals surface area contributed by atoms with Crippen LogP contribution in [0, 0.1) is 5.82 Å². The molecule has 0 atom stereocenters. The van der Waals surface area contributed by atoms with Crippen LogP contribution < -0.4 is 10.2 Å². The second-order valence-corrected chi connectivity index (χ2v) is 5.85. The van der Waals surface area contributed by atoms with Gasteiger partial charge in [0.1, 0.15) is 11.5 Å². The second-order valence-electron chi connectivity index (χ2n) is 5.85. The Balaban J connectivity index is 1.69. The van der Waals surface area contributed by atoms with E-state index in [-0.39, 0.29) is 11.7 Å². The normalized spacial score (nSPS) is 10.6. The van der Waals surface area contributed by atoms with Crippen molar-refractivity contribution in [2.75, 3.05) is 23.3 Å². The molecule has 5 nitrogen and oxygen atoms in total. The SMILES string of the molecule is CCN(CC)c1ccc(NC(=O)c2cc(-c3ccc(F)cc3)n[nH]2)cc1. The lowest BCUT2D eigenvalue weighted by atomic mass is 10.1. The number of nitrogens with one attached hydrogen (secondary N) is 2. The zero-order valence-corrected chi connectivity index (χ0v) is 14.8. The van der Waals surface area contributed by atoms with Crippen molar-refractivity contribution in [2.45, 2.75) is 13.8 Å². The first kappa shape index (κ1) is 17.7. The number of benzene rings is 2. The zero-order valence-electron chi connectivity index (χ0n) is 14.8. The standard InChI is InChI=1S/C20H21FN4O/c1-3-25(4-2)17-11-9-16(10-12-17)22-20(26)19-13-18(23-24-19)14-5-7-15(21)8-6-14/h5-13H,3-4H2,1-2H3,(H,22,26)(H,23,24). The van der Waals surface area contributed by atoms with Gasteiger partial charge in [-0.15, -0.1) is 0 Å². The summed E-state index contributed by atoms with van der Waals surface area (Å²) in [5.41, 5.74) is 3.51. The Kier molecular flexibility index (Phi) is 5.31. The van der Waals surface area contributed by atoms with Crippen LogP contribution >= 0.6 is 0 Å².